The van der Waals surface area contributed by atoms with E-state index in [9.17, 15) is 14.0 Å². The number of hydrogen-bond donors (Lipinski definition) is 0. The second-order valence-corrected chi connectivity index (χ2v) is 10.9. The van der Waals surface area contributed by atoms with Gasteiger partial charge in [0.1, 0.15) is 5.82 Å². The standard InChI is InChI=1S/C29H33FN2O2S/c1-20(2)16-32(29(34)26-15-25(26)23-7-5-4-6-8-23)19-28(33)31(18-27-21(3)13-14-35-27)17-22-9-11-24(30)12-10-22/h4-14,20,25-26H,15-19H2,1-3H3. The van der Waals surface area contributed by atoms with Gasteiger partial charge >= 0.3 is 0 Å². The van der Waals surface area contributed by atoms with Crippen molar-refractivity contribution in [2.45, 2.75) is 46.2 Å². The molecule has 0 N–H and O–H groups in total. The maximum atomic E-state index is 13.6. The normalized spacial score (nSPS) is 16.8. The Hall–Kier alpha value is -2.99. The molecule has 1 aliphatic rings. The number of thiophene rings is 1. The third-order valence-electron chi connectivity index (χ3n) is 6.50. The molecule has 6 heteroatoms. The zero-order valence-electron chi connectivity index (χ0n) is 20.6. The highest BCUT2D eigenvalue weighted by atomic mass is 32.1. The lowest BCUT2D eigenvalue weighted by Crippen LogP contribution is -2.44. The summed E-state index contributed by atoms with van der Waals surface area (Å²) in [6, 6.07) is 18.4. The molecular formula is C29H33FN2O2S. The summed E-state index contributed by atoms with van der Waals surface area (Å²) in [7, 11) is 0. The Morgan fingerprint density at radius 2 is 1.71 bits per heavy atom. The third-order valence-corrected chi connectivity index (χ3v) is 7.51. The molecule has 184 valence electrons. The van der Waals surface area contributed by atoms with Crippen LogP contribution in [0.15, 0.2) is 66.0 Å². The first-order valence-electron chi connectivity index (χ1n) is 12.2. The first kappa shape index (κ1) is 25.1. The summed E-state index contributed by atoms with van der Waals surface area (Å²) in [5.41, 5.74) is 3.19. The molecule has 1 aromatic heterocycles. The summed E-state index contributed by atoms with van der Waals surface area (Å²) >= 11 is 1.62. The van der Waals surface area contributed by atoms with Crippen LogP contribution in [-0.4, -0.2) is 34.7 Å². The minimum atomic E-state index is -0.299. The van der Waals surface area contributed by atoms with Crippen molar-refractivity contribution in [2.24, 2.45) is 11.8 Å². The topological polar surface area (TPSA) is 40.6 Å². The lowest BCUT2D eigenvalue weighted by Gasteiger charge is -2.29. The van der Waals surface area contributed by atoms with Crippen molar-refractivity contribution in [2.75, 3.05) is 13.1 Å². The van der Waals surface area contributed by atoms with Crippen molar-refractivity contribution in [3.8, 4) is 0 Å². The Balaban J connectivity index is 1.50. The van der Waals surface area contributed by atoms with Gasteiger partial charge in [-0.2, -0.15) is 0 Å². The lowest BCUT2D eigenvalue weighted by molar-refractivity contribution is -0.142. The van der Waals surface area contributed by atoms with Crippen molar-refractivity contribution in [1.29, 1.82) is 0 Å². The Labute approximate surface area is 211 Å². The molecule has 3 aromatic rings. The van der Waals surface area contributed by atoms with Crippen LogP contribution in [0.3, 0.4) is 0 Å². The number of aryl methyl sites for hydroxylation is 1. The average molecular weight is 493 g/mol. The minimum absolute atomic E-state index is 0.0562. The molecule has 0 saturated heterocycles. The van der Waals surface area contributed by atoms with E-state index in [4.69, 9.17) is 0 Å². The van der Waals surface area contributed by atoms with Crippen LogP contribution < -0.4 is 0 Å². The van der Waals surface area contributed by atoms with Crippen LogP contribution in [0, 0.1) is 24.6 Å². The summed E-state index contributed by atoms with van der Waals surface area (Å²) in [5.74, 6) is 0.104. The zero-order valence-corrected chi connectivity index (χ0v) is 21.4. The van der Waals surface area contributed by atoms with Gasteiger partial charge in [-0.3, -0.25) is 9.59 Å². The number of benzene rings is 2. The molecule has 4 rings (SSSR count). The molecule has 2 aromatic carbocycles. The smallest absolute Gasteiger partial charge is 0.242 e. The van der Waals surface area contributed by atoms with E-state index in [1.165, 1.54) is 17.7 Å². The summed E-state index contributed by atoms with van der Waals surface area (Å²) < 4.78 is 13.4. The molecule has 0 spiro atoms. The molecule has 0 radical (unpaired) electrons. The fraction of sp³-hybridized carbons (Fsp3) is 0.379. The molecule has 2 amide bonds. The van der Waals surface area contributed by atoms with Crippen molar-refractivity contribution >= 4 is 23.2 Å². The summed E-state index contributed by atoms with van der Waals surface area (Å²) in [6.45, 7) is 7.62. The highest BCUT2D eigenvalue weighted by Gasteiger charge is 2.46. The Morgan fingerprint density at radius 1 is 1.00 bits per heavy atom. The van der Waals surface area contributed by atoms with Gasteiger partial charge in [0.25, 0.3) is 0 Å². The van der Waals surface area contributed by atoms with E-state index in [0.29, 0.717) is 19.6 Å². The molecule has 0 bridgehead atoms. The average Bonchev–Trinajstić information content (AvgIpc) is 3.54. The maximum Gasteiger partial charge on any atom is 0.242 e. The van der Waals surface area contributed by atoms with Crippen LogP contribution in [-0.2, 0) is 22.7 Å². The quantitative estimate of drug-likeness (QED) is 0.348. The van der Waals surface area contributed by atoms with Gasteiger partial charge in [0, 0.05) is 23.9 Å². The van der Waals surface area contributed by atoms with Gasteiger partial charge in [0.05, 0.1) is 13.1 Å². The zero-order chi connectivity index (χ0) is 24.9. The van der Waals surface area contributed by atoms with E-state index in [-0.39, 0.29) is 41.9 Å². The molecule has 4 nitrogen and oxygen atoms in total. The molecule has 0 aliphatic heterocycles. The van der Waals surface area contributed by atoms with Crippen LogP contribution >= 0.6 is 11.3 Å². The Kier molecular flexibility index (Phi) is 8.01. The molecular weight excluding hydrogens is 459 g/mol. The third kappa shape index (κ3) is 6.57. The van der Waals surface area contributed by atoms with E-state index < -0.39 is 0 Å². The highest BCUT2D eigenvalue weighted by Crippen LogP contribution is 2.48. The van der Waals surface area contributed by atoms with Crippen LogP contribution in [0.1, 0.15) is 47.8 Å². The van der Waals surface area contributed by atoms with Crippen LogP contribution in [0.2, 0.25) is 0 Å². The second-order valence-electron chi connectivity index (χ2n) is 9.88. The highest BCUT2D eigenvalue weighted by molar-refractivity contribution is 7.10. The van der Waals surface area contributed by atoms with Crippen molar-refractivity contribution < 1.29 is 14.0 Å². The predicted molar refractivity (Wildman–Crippen MR) is 138 cm³/mol. The predicted octanol–water partition coefficient (Wildman–Crippen LogP) is 6.01. The van der Waals surface area contributed by atoms with Gasteiger partial charge < -0.3 is 9.80 Å². The molecule has 1 heterocycles. The minimum Gasteiger partial charge on any atom is -0.333 e. The van der Waals surface area contributed by atoms with E-state index in [0.717, 1.165) is 22.4 Å². The van der Waals surface area contributed by atoms with E-state index in [1.54, 1.807) is 33.3 Å². The molecule has 1 fully saturated rings. The summed E-state index contributed by atoms with van der Waals surface area (Å²) in [5, 5.41) is 2.02. The Bertz CT molecular complexity index is 1140. The van der Waals surface area contributed by atoms with Gasteiger partial charge in [0.2, 0.25) is 11.8 Å². The van der Waals surface area contributed by atoms with Crippen LogP contribution in [0.5, 0.6) is 0 Å². The largest absolute Gasteiger partial charge is 0.333 e. The van der Waals surface area contributed by atoms with Gasteiger partial charge in [-0.25, -0.2) is 4.39 Å². The van der Waals surface area contributed by atoms with Gasteiger partial charge in [-0.15, -0.1) is 11.3 Å². The first-order valence-corrected chi connectivity index (χ1v) is 13.1. The molecule has 2 atom stereocenters. The maximum absolute atomic E-state index is 13.6. The SMILES string of the molecule is Cc1ccsc1CN(Cc1ccc(F)cc1)C(=O)CN(CC(C)C)C(=O)C1CC1c1ccccc1. The number of nitrogens with zero attached hydrogens (tertiary/aromatic N) is 2. The van der Waals surface area contributed by atoms with Crippen molar-refractivity contribution in [1.82, 2.24) is 9.80 Å². The number of carbonyl (C=O) groups excluding carboxylic acids is 2. The van der Waals surface area contributed by atoms with Crippen LogP contribution in [0.4, 0.5) is 4.39 Å². The number of amides is 2. The van der Waals surface area contributed by atoms with Gasteiger partial charge in [0.15, 0.2) is 0 Å². The number of hydrogen-bond acceptors (Lipinski definition) is 3. The number of halogens is 1. The second kappa shape index (κ2) is 11.2. The molecule has 35 heavy (non-hydrogen) atoms. The van der Waals surface area contributed by atoms with Gasteiger partial charge in [-0.1, -0.05) is 56.3 Å². The first-order chi connectivity index (χ1) is 16.8. The van der Waals surface area contributed by atoms with E-state index >= 15 is 0 Å². The summed E-state index contributed by atoms with van der Waals surface area (Å²) in [6.07, 6.45) is 0.833. The van der Waals surface area contributed by atoms with Crippen molar-refractivity contribution in [3.63, 3.8) is 0 Å². The van der Waals surface area contributed by atoms with Crippen molar-refractivity contribution in [3.05, 3.63) is 93.4 Å². The van der Waals surface area contributed by atoms with Gasteiger partial charge in [-0.05, 0) is 65.4 Å². The lowest BCUT2D eigenvalue weighted by atomic mass is 10.1. The molecule has 1 saturated carbocycles. The number of carbonyl (C=O) groups is 2. The van der Waals surface area contributed by atoms with Crippen LogP contribution in [0.25, 0.3) is 0 Å². The van der Waals surface area contributed by atoms with E-state index in [1.807, 2.05) is 36.6 Å². The molecule has 2 unspecified atom stereocenters. The number of rotatable bonds is 10. The fourth-order valence-electron chi connectivity index (χ4n) is 4.49. The molecule has 1 aliphatic carbocycles. The Morgan fingerprint density at radius 3 is 2.34 bits per heavy atom. The fourth-order valence-corrected chi connectivity index (χ4v) is 5.41. The summed E-state index contributed by atoms with van der Waals surface area (Å²) in [4.78, 5) is 31.7. The van der Waals surface area contributed by atoms with E-state index in [2.05, 4.69) is 26.0 Å². The monoisotopic (exact) mass is 492 g/mol.